The molecular weight excluding hydrogens is 140 g/mol. The standard InChI is InChI=1S/C4H8N2O4/c5-2(4(8)9)1-3(7)6-10/h2,10H,1,5H2,(H,6,7)(H,8,9)/p-1/t2-/m0/s1. The zero-order valence-electron chi connectivity index (χ0n) is 5.03. The van der Waals surface area contributed by atoms with Crippen LogP contribution in [0.4, 0.5) is 0 Å². The number of nitrogens with two attached hydrogens (primary N) is 1. The van der Waals surface area contributed by atoms with Crippen molar-refractivity contribution < 1.29 is 19.9 Å². The molecule has 0 spiro atoms. The Morgan fingerprint density at radius 3 is 2.50 bits per heavy atom. The van der Waals surface area contributed by atoms with Crippen LogP contribution in [0.2, 0.25) is 0 Å². The predicted molar refractivity (Wildman–Crippen MR) is 27.5 cm³/mol. The maximum Gasteiger partial charge on any atom is 0.245 e. The second-order valence-electron chi connectivity index (χ2n) is 1.66. The number of aliphatic carboxylic acids is 1. The fraction of sp³-hybridized carbons (Fsp3) is 0.500. The van der Waals surface area contributed by atoms with E-state index in [1.165, 1.54) is 5.48 Å². The highest BCUT2D eigenvalue weighted by Gasteiger charge is 2.08. The third-order valence-corrected chi connectivity index (χ3v) is 0.833. The van der Waals surface area contributed by atoms with Crippen molar-refractivity contribution in [2.24, 2.45) is 5.73 Å². The number of carboxylic acids is 1. The first-order valence-electron chi connectivity index (χ1n) is 2.47. The number of amides is 1. The number of hydroxylamine groups is 1. The summed E-state index contributed by atoms with van der Waals surface area (Å²) in [5.74, 6) is -2.37. The Morgan fingerprint density at radius 1 is 1.70 bits per heavy atom. The molecule has 0 aliphatic heterocycles. The van der Waals surface area contributed by atoms with E-state index in [1.807, 2.05) is 0 Å². The number of rotatable bonds is 3. The van der Waals surface area contributed by atoms with Crippen molar-refractivity contribution in [1.29, 1.82) is 0 Å². The van der Waals surface area contributed by atoms with Crippen LogP contribution in [0, 0.1) is 0 Å². The minimum atomic E-state index is -1.52. The number of carboxylic acid groups (broad SMARTS) is 1. The second-order valence-corrected chi connectivity index (χ2v) is 1.66. The Bertz CT molecular complexity index is 146. The van der Waals surface area contributed by atoms with E-state index in [2.05, 4.69) is 0 Å². The average molecular weight is 147 g/mol. The number of carbonyl (C=O) groups excluding carboxylic acids is 2. The van der Waals surface area contributed by atoms with Gasteiger partial charge in [-0.25, -0.2) is 5.48 Å². The molecule has 0 radical (unpaired) electrons. The van der Waals surface area contributed by atoms with E-state index in [4.69, 9.17) is 10.9 Å². The molecule has 0 saturated carbocycles. The average Bonchev–Trinajstić information content (AvgIpc) is 1.87. The topological polar surface area (TPSA) is 115 Å². The molecule has 6 heteroatoms. The van der Waals surface area contributed by atoms with Crippen molar-refractivity contribution in [3.8, 4) is 0 Å². The van der Waals surface area contributed by atoms with Gasteiger partial charge in [-0.3, -0.25) is 10.0 Å². The van der Waals surface area contributed by atoms with Crippen LogP contribution in [0.5, 0.6) is 0 Å². The van der Waals surface area contributed by atoms with Gasteiger partial charge in [-0.05, 0) is 0 Å². The van der Waals surface area contributed by atoms with Gasteiger partial charge in [0.05, 0.1) is 12.0 Å². The van der Waals surface area contributed by atoms with Gasteiger partial charge >= 0.3 is 0 Å². The van der Waals surface area contributed by atoms with Crippen molar-refractivity contribution in [2.75, 3.05) is 0 Å². The lowest BCUT2D eigenvalue weighted by Gasteiger charge is -2.09. The van der Waals surface area contributed by atoms with Gasteiger partial charge in [0.25, 0.3) is 0 Å². The lowest BCUT2D eigenvalue weighted by atomic mass is 10.2. The first-order chi connectivity index (χ1) is 4.57. The van der Waals surface area contributed by atoms with Crippen LogP contribution in [0.15, 0.2) is 0 Å². The van der Waals surface area contributed by atoms with Crippen LogP contribution in [0.25, 0.3) is 0 Å². The molecule has 0 bridgehead atoms. The molecule has 58 valence electrons. The van der Waals surface area contributed by atoms with Crippen LogP contribution in [-0.4, -0.2) is 23.1 Å². The molecule has 10 heavy (non-hydrogen) atoms. The molecule has 0 aliphatic rings. The van der Waals surface area contributed by atoms with E-state index in [9.17, 15) is 14.7 Å². The fourth-order valence-electron chi connectivity index (χ4n) is 0.329. The summed E-state index contributed by atoms with van der Waals surface area (Å²) in [5.41, 5.74) is 6.10. The third kappa shape index (κ3) is 3.00. The molecule has 4 N–H and O–H groups in total. The van der Waals surface area contributed by atoms with Gasteiger partial charge < -0.3 is 15.6 Å². The lowest BCUT2D eigenvalue weighted by molar-refractivity contribution is -0.307. The number of nitrogens with one attached hydrogen (secondary N) is 1. The van der Waals surface area contributed by atoms with Gasteiger partial charge in [-0.1, -0.05) is 0 Å². The predicted octanol–water partition coefficient (Wildman–Crippen LogP) is -3.04. The Balaban J connectivity index is 3.68. The summed E-state index contributed by atoms with van der Waals surface area (Å²) >= 11 is 0. The summed E-state index contributed by atoms with van der Waals surface area (Å²) in [6, 6.07) is -1.37. The highest BCUT2D eigenvalue weighted by Crippen LogP contribution is 1.84. The van der Waals surface area contributed by atoms with Crippen LogP contribution in [0.1, 0.15) is 6.42 Å². The van der Waals surface area contributed by atoms with Crippen molar-refractivity contribution in [3.63, 3.8) is 0 Å². The molecule has 0 rings (SSSR count). The van der Waals surface area contributed by atoms with Crippen molar-refractivity contribution in [3.05, 3.63) is 0 Å². The highest BCUT2D eigenvalue weighted by atomic mass is 16.5. The van der Waals surface area contributed by atoms with E-state index in [0.29, 0.717) is 0 Å². The molecular formula is C4H7N2O4-. The summed E-state index contributed by atoms with van der Waals surface area (Å²) < 4.78 is 0. The first kappa shape index (κ1) is 8.86. The maximum atomic E-state index is 10.2. The molecule has 0 aromatic carbocycles. The molecule has 0 saturated heterocycles. The van der Waals surface area contributed by atoms with Gasteiger partial charge in [0.15, 0.2) is 0 Å². The van der Waals surface area contributed by atoms with E-state index in [-0.39, 0.29) is 0 Å². The van der Waals surface area contributed by atoms with Crippen molar-refractivity contribution in [2.45, 2.75) is 12.5 Å². The molecule has 0 fully saturated rings. The van der Waals surface area contributed by atoms with E-state index in [1.54, 1.807) is 0 Å². The lowest BCUT2D eigenvalue weighted by Crippen LogP contribution is -2.44. The summed E-state index contributed by atoms with van der Waals surface area (Å²) in [6.07, 6.45) is -0.487. The fourth-order valence-corrected chi connectivity index (χ4v) is 0.329. The molecule has 0 aromatic rings. The number of hydrogen-bond donors (Lipinski definition) is 3. The third-order valence-electron chi connectivity index (χ3n) is 0.833. The molecule has 1 atom stereocenters. The zero-order chi connectivity index (χ0) is 8.15. The van der Waals surface area contributed by atoms with E-state index >= 15 is 0 Å². The van der Waals surface area contributed by atoms with Crippen LogP contribution >= 0.6 is 0 Å². The Labute approximate surface area is 56.6 Å². The van der Waals surface area contributed by atoms with Gasteiger partial charge in [-0.15, -0.1) is 0 Å². The SMILES string of the molecule is N[C@@H](CC(=O)NO)C(=O)[O-]. The highest BCUT2D eigenvalue weighted by molar-refractivity contribution is 5.82. The molecule has 1 amide bonds. The molecule has 0 aliphatic carbocycles. The molecule has 0 unspecified atom stereocenters. The molecule has 0 heterocycles. The minimum absolute atomic E-state index is 0.487. The minimum Gasteiger partial charge on any atom is -0.548 e. The maximum absolute atomic E-state index is 10.2. The normalized spacial score (nSPS) is 12.2. The largest absolute Gasteiger partial charge is 0.548 e. The van der Waals surface area contributed by atoms with Gasteiger partial charge in [-0.2, -0.15) is 0 Å². The van der Waals surface area contributed by atoms with Gasteiger partial charge in [0, 0.05) is 6.42 Å². The quantitative estimate of drug-likeness (QED) is 0.290. The zero-order valence-corrected chi connectivity index (χ0v) is 5.03. The summed E-state index contributed by atoms with van der Waals surface area (Å²) in [5, 5.41) is 17.7. The van der Waals surface area contributed by atoms with Gasteiger partial charge in [0.2, 0.25) is 5.91 Å². The van der Waals surface area contributed by atoms with Crippen LogP contribution in [0.3, 0.4) is 0 Å². The summed E-state index contributed by atoms with van der Waals surface area (Å²) in [7, 11) is 0. The van der Waals surface area contributed by atoms with E-state index < -0.39 is 24.3 Å². The summed E-state index contributed by atoms with van der Waals surface area (Å²) in [6.45, 7) is 0. The first-order valence-corrected chi connectivity index (χ1v) is 2.47. The van der Waals surface area contributed by atoms with Gasteiger partial charge in [0.1, 0.15) is 0 Å². The summed E-state index contributed by atoms with van der Waals surface area (Å²) in [4.78, 5) is 20.0. The van der Waals surface area contributed by atoms with Crippen LogP contribution in [-0.2, 0) is 9.59 Å². The smallest absolute Gasteiger partial charge is 0.245 e. The number of carbonyl (C=O) groups is 2. The Hall–Kier alpha value is -1.14. The number of hydrogen-bond acceptors (Lipinski definition) is 5. The molecule has 6 nitrogen and oxygen atoms in total. The molecule has 0 aromatic heterocycles. The van der Waals surface area contributed by atoms with Crippen molar-refractivity contribution >= 4 is 11.9 Å². The second kappa shape index (κ2) is 3.80. The van der Waals surface area contributed by atoms with Crippen LogP contribution < -0.4 is 16.3 Å². The van der Waals surface area contributed by atoms with E-state index in [0.717, 1.165) is 0 Å². The monoisotopic (exact) mass is 147 g/mol. The van der Waals surface area contributed by atoms with Crippen molar-refractivity contribution in [1.82, 2.24) is 5.48 Å². The Kier molecular flexibility index (Phi) is 3.37. The Morgan fingerprint density at radius 2 is 2.20 bits per heavy atom.